The Balaban J connectivity index is 0.00000210. The Morgan fingerprint density at radius 1 is 1.17 bits per heavy atom. The van der Waals surface area contributed by atoms with Crippen molar-refractivity contribution in [3.05, 3.63) is 29.8 Å². The molecule has 1 amide bonds. The highest BCUT2D eigenvalue weighted by molar-refractivity contribution is 5.85. The van der Waals surface area contributed by atoms with Crippen LogP contribution in [-0.2, 0) is 11.3 Å². The van der Waals surface area contributed by atoms with E-state index in [1.54, 1.807) is 0 Å². The van der Waals surface area contributed by atoms with Crippen molar-refractivity contribution in [2.45, 2.75) is 64.6 Å². The molecular weight excluding hydrogens is 409 g/mol. The molecule has 1 aliphatic heterocycles. The van der Waals surface area contributed by atoms with Crippen LogP contribution in [0.4, 0.5) is 0 Å². The zero-order valence-electron chi connectivity index (χ0n) is 17.7. The molecule has 3 rings (SSSR count). The lowest BCUT2D eigenvalue weighted by Crippen LogP contribution is -2.42. The largest absolute Gasteiger partial charge is 0.492 e. The van der Waals surface area contributed by atoms with E-state index in [2.05, 4.69) is 29.4 Å². The predicted octanol–water partition coefficient (Wildman–Crippen LogP) is 3.79. The first-order valence-electron chi connectivity index (χ1n) is 10.7. The summed E-state index contributed by atoms with van der Waals surface area (Å²) in [6.07, 6.45) is 6.08. The molecule has 7 heteroatoms. The van der Waals surface area contributed by atoms with Crippen molar-refractivity contribution in [3.8, 4) is 5.75 Å². The Morgan fingerprint density at radius 3 is 2.62 bits per heavy atom. The normalized spacial score (nSPS) is 22.9. The minimum atomic E-state index is -0.0335. The second-order valence-corrected chi connectivity index (χ2v) is 7.81. The fraction of sp³-hybridized carbons (Fsp3) is 0.682. The summed E-state index contributed by atoms with van der Waals surface area (Å²) in [6, 6.07) is 8.53. The Labute approximate surface area is 188 Å². The number of nitrogens with one attached hydrogen (secondary N) is 2. The number of nitrogens with zero attached hydrogens (tertiary/aromatic N) is 1. The zero-order valence-corrected chi connectivity index (χ0v) is 19.3. The van der Waals surface area contributed by atoms with Crippen LogP contribution in [-0.4, -0.2) is 49.1 Å². The van der Waals surface area contributed by atoms with E-state index in [0.717, 1.165) is 37.4 Å². The molecule has 2 aliphatic rings. The van der Waals surface area contributed by atoms with Crippen LogP contribution in [0.5, 0.6) is 5.75 Å². The maximum atomic E-state index is 12.6. The summed E-state index contributed by atoms with van der Waals surface area (Å²) in [5, 5.41) is 6.68. The van der Waals surface area contributed by atoms with Crippen molar-refractivity contribution in [2.24, 2.45) is 5.92 Å². The summed E-state index contributed by atoms with van der Waals surface area (Å²) in [7, 11) is 0. The summed E-state index contributed by atoms with van der Waals surface area (Å²) in [6.45, 7) is 8.51. The lowest BCUT2D eigenvalue weighted by Gasteiger charge is -2.24. The van der Waals surface area contributed by atoms with Crippen LogP contribution in [0.15, 0.2) is 24.3 Å². The van der Waals surface area contributed by atoms with Gasteiger partial charge in [0, 0.05) is 24.7 Å². The molecule has 1 saturated heterocycles. The molecule has 0 aromatic heterocycles. The number of rotatable bonds is 9. The first-order valence-corrected chi connectivity index (χ1v) is 10.7. The molecule has 0 bridgehead atoms. The number of benzene rings is 1. The van der Waals surface area contributed by atoms with Crippen LogP contribution in [0, 0.1) is 5.92 Å². The molecule has 1 saturated carbocycles. The molecule has 1 aliphatic carbocycles. The summed E-state index contributed by atoms with van der Waals surface area (Å²) in [4.78, 5) is 15.0. The molecule has 0 radical (unpaired) electrons. The number of likely N-dealkylation sites (N-methyl/N-ethyl adjacent to an activating group) is 1. The van der Waals surface area contributed by atoms with E-state index in [1.165, 1.54) is 25.7 Å². The number of hydrogen-bond donors (Lipinski definition) is 2. The van der Waals surface area contributed by atoms with E-state index < -0.39 is 0 Å². The molecule has 1 aromatic carbocycles. The van der Waals surface area contributed by atoms with Gasteiger partial charge in [0.05, 0.1) is 6.04 Å². The van der Waals surface area contributed by atoms with Crippen molar-refractivity contribution < 1.29 is 9.53 Å². The van der Waals surface area contributed by atoms with Crippen LogP contribution in [0.2, 0.25) is 0 Å². The molecule has 2 fully saturated rings. The number of amides is 1. The molecular formula is C22H37Cl2N3O2. The van der Waals surface area contributed by atoms with Gasteiger partial charge in [-0.1, -0.05) is 44.9 Å². The van der Waals surface area contributed by atoms with E-state index in [-0.39, 0.29) is 36.8 Å². The summed E-state index contributed by atoms with van der Waals surface area (Å²) in [5.41, 5.74) is 1.04. The van der Waals surface area contributed by atoms with Gasteiger partial charge in [-0.05, 0) is 44.3 Å². The predicted molar refractivity (Wildman–Crippen MR) is 123 cm³/mol. The fourth-order valence-electron chi connectivity index (χ4n) is 4.44. The number of carbonyl (C=O) groups is 1. The van der Waals surface area contributed by atoms with Crippen molar-refractivity contribution in [3.63, 3.8) is 0 Å². The monoisotopic (exact) mass is 445 g/mol. The summed E-state index contributed by atoms with van der Waals surface area (Å²) < 4.78 is 6.00. The van der Waals surface area contributed by atoms with Crippen LogP contribution in [0.1, 0.15) is 51.5 Å². The van der Waals surface area contributed by atoms with Crippen molar-refractivity contribution in [2.75, 3.05) is 26.2 Å². The fourth-order valence-corrected chi connectivity index (χ4v) is 4.44. The smallest absolute Gasteiger partial charge is 0.237 e. The van der Waals surface area contributed by atoms with Crippen LogP contribution < -0.4 is 15.4 Å². The Hall–Kier alpha value is -1.01. The molecule has 166 valence electrons. The van der Waals surface area contributed by atoms with Gasteiger partial charge in [0.2, 0.25) is 5.91 Å². The third-order valence-electron chi connectivity index (χ3n) is 6.16. The highest BCUT2D eigenvalue weighted by Crippen LogP contribution is 2.33. The van der Waals surface area contributed by atoms with Gasteiger partial charge in [0.15, 0.2) is 0 Å². The van der Waals surface area contributed by atoms with E-state index in [9.17, 15) is 4.79 Å². The van der Waals surface area contributed by atoms with E-state index >= 15 is 0 Å². The first-order chi connectivity index (χ1) is 13.2. The molecule has 1 aromatic rings. The molecule has 3 unspecified atom stereocenters. The molecule has 2 N–H and O–H groups in total. The lowest BCUT2D eigenvalue weighted by atomic mass is 9.85. The molecule has 0 spiro atoms. The van der Waals surface area contributed by atoms with Gasteiger partial charge >= 0.3 is 0 Å². The third-order valence-corrected chi connectivity index (χ3v) is 6.16. The average molecular weight is 446 g/mol. The van der Waals surface area contributed by atoms with Crippen LogP contribution >= 0.6 is 24.8 Å². The van der Waals surface area contributed by atoms with Gasteiger partial charge in [-0.25, -0.2) is 0 Å². The lowest BCUT2D eigenvalue weighted by molar-refractivity contribution is -0.123. The number of para-hydroxylation sites is 1. The Bertz CT molecular complexity index is 599. The van der Waals surface area contributed by atoms with Gasteiger partial charge in [-0.15, -0.1) is 24.8 Å². The SMILES string of the molecule is CCN(CC)CCOc1ccccc1CNC(=O)C1CC2CCCCC2N1.Cl.Cl. The van der Waals surface area contributed by atoms with Gasteiger partial charge in [-0.3, -0.25) is 4.79 Å². The minimum absolute atomic E-state index is 0. The molecule has 1 heterocycles. The topological polar surface area (TPSA) is 53.6 Å². The van der Waals surface area contributed by atoms with Crippen molar-refractivity contribution in [1.29, 1.82) is 0 Å². The second-order valence-electron chi connectivity index (χ2n) is 7.81. The zero-order chi connectivity index (χ0) is 19.1. The highest BCUT2D eigenvalue weighted by atomic mass is 35.5. The van der Waals surface area contributed by atoms with Gasteiger partial charge in [-0.2, -0.15) is 0 Å². The maximum absolute atomic E-state index is 12.6. The molecule has 5 nitrogen and oxygen atoms in total. The molecule has 3 atom stereocenters. The second kappa shape index (κ2) is 13.3. The first kappa shape index (κ1) is 26.0. The number of halogens is 2. The standard InChI is InChI=1S/C22H35N3O2.2ClH/c1-3-25(4-2)13-14-27-21-12-8-6-10-18(21)16-23-22(26)20-15-17-9-5-7-11-19(17)24-20;;/h6,8,10,12,17,19-20,24H,3-5,7,9,11,13-16H2,1-2H3,(H,23,26);2*1H. The number of ether oxygens (including phenoxy) is 1. The van der Waals surface area contributed by atoms with Crippen LogP contribution in [0.3, 0.4) is 0 Å². The van der Waals surface area contributed by atoms with E-state index in [0.29, 0.717) is 25.1 Å². The Kier molecular flexibility index (Phi) is 12.0. The van der Waals surface area contributed by atoms with Gasteiger partial charge in [0.1, 0.15) is 12.4 Å². The summed E-state index contributed by atoms with van der Waals surface area (Å²) in [5.74, 6) is 1.69. The maximum Gasteiger partial charge on any atom is 0.237 e. The highest BCUT2D eigenvalue weighted by Gasteiger charge is 2.38. The Morgan fingerprint density at radius 2 is 1.90 bits per heavy atom. The van der Waals surface area contributed by atoms with Gasteiger partial charge < -0.3 is 20.3 Å². The third kappa shape index (κ3) is 7.32. The van der Waals surface area contributed by atoms with Crippen molar-refractivity contribution >= 4 is 30.7 Å². The quantitative estimate of drug-likeness (QED) is 0.606. The summed E-state index contributed by atoms with van der Waals surface area (Å²) >= 11 is 0. The average Bonchev–Trinajstić information content (AvgIpc) is 3.14. The number of fused-ring (bicyclic) bond motifs is 1. The van der Waals surface area contributed by atoms with E-state index in [1.807, 2.05) is 24.3 Å². The van der Waals surface area contributed by atoms with Crippen LogP contribution in [0.25, 0.3) is 0 Å². The van der Waals surface area contributed by atoms with E-state index in [4.69, 9.17) is 4.74 Å². The number of hydrogen-bond acceptors (Lipinski definition) is 4. The molecule has 29 heavy (non-hydrogen) atoms. The van der Waals surface area contributed by atoms with Gasteiger partial charge in [0.25, 0.3) is 0 Å². The van der Waals surface area contributed by atoms with Crippen molar-refractivity contribution in [1.82, 2.24) is 15.5 Å². The number of carbonyl (C=O) groups excluding carboxylic acids is 1. The minimum Gasteiger partial charge on any atom is -0.492 e.